The minimum Gasteiger partial charge on any atom is -0.352 e. The molecule has 1 aliphatic rings. The van der Waals surface area contributed by atoms with Crippen LogP contribution in [0.25, 0.3) is 0 Å². The van der Waals surface area contributed by atoms with E-state index in [2.05, 4.69) is 54.4 Å². The van der Waals surface area contributed by atoms with Crippen molar-refractivity contribution >= 4 is 5.96 Å². The van der Waals surface area contributed by atoms with Crippen LogP contribution in [0.5, 0.6) is 0 Å². The molecule has 1 N–H and O–H groups in total. The van der Waals surface area contributed by atoms with Crippen molar-refractivity contribution in [2.75, 3.05) is 13.1 Å². The molecule has 1 aromatic rings. The Morgan fingerprint density at radius 3 is 2.38 bits per heavy atom. The molecule has 0 spiro atoms. The number of benzene rings is 1. The summed E-state index contributed by atoms with van der Waals surface area (Å²) in [5.41, 5.74) is 1.31. The third-order valence-corrected chi connectivity index (χ3v) is 4.24. The summed E-state index contributed by atoms with van der Waals surface area (Å²) in [5, 5.41) is 3.56. The summed E-state index contributed by atoms with van der Waals surface area (Å²) < 4.78 is 0. The molecule has 0 aliphatic heterocycles. The highest BCUT2D eigenvalue weighted by Crippen LogP contribution is 2.20. The van der Waals surface area contributed by atoms with Gasteiger partial charge < -0.3 is 10.2 Å². The number of aliphatic imine (C=N–C) groups is 1. The fourth-order valence-electron chi connectivity index (χ4n) is 2.92. The molecule has 0 atom stereocenters. The highest BCUT2D eigenvalue weighted by molar-refractivity contribution is 5.80. The Labute approximate surface area is 129 Å². The smallest absolute Gasteiger partial charge is 0.194 e. The van der Waals surface area contributed by atoms with Gasteiger partial charge in [-0.1, -0.05) is 49.6 Å². The van der Waals surface area contributed by atoms with Crippen LogP contribution >= 0.6 is 0 Å². The van der Waals surface area contributed by atoms with Gasteiger partial charge in [0.15, 0.2) is 5.96 Å². The molecule has 2 rings (SSSR count). The van der Waals surface area contributed by atoms with Crippen molar-refractivity contribution in [1.82, 2.24) is 10.2 Å². The maximum absolute atomic E-state index is 5.02. The van der Waals surface area contributed by atoms with Gasteiger partial charge in [-0.15, -0.1) is 0 Å². The Morgan fingerprint density at radius 2 is 1.76 bits per heavy atom. The van der Waals surface area contributed by atoms with E-state index < -0.39 is 0 Å². The number of hydrogen-bond acceptors (Lipinski definition) is 1. The van der Waals surface area contributed by atoms with Gasteiger partial charge in [0.05, 0.1) is 6.04 Å². The van der Waals surface area contributed by atoms with Gasteiger partial charge >= 0.3 is 0 Å². The van der Waals surface area contributed by atoms with Crippen LogP contribution < -0.4 is 5.32 Å². The fourth-order valence-corrected chi connectivity index (χ4v) is 2.92. The minimum atomic E-state index is 0.512. The Morgan fingerprint density at radius 1 is 1.10 bits per heavy atom. The number of rotatable bonds is 5. The Kier molecular flexibility index (Phi) is 6.58. The van der Waals surface area contributed by atoms with E-state index in [0.29, 0.717) is 6.04 Å². The predicted octanol–water partition coefficient (Wildman–Crippen LogP) is 3.81. The third kappa shape index (κ3) is 5.07. The van der Waals surface area contributed by atoms with E-state index >= 15 is 0 Å². The molecule has 0 amide bonds. The first-order valence-corrected chi connectivity index (χ1v) is 8.44. The van der Waals surface area contributed by atoms with E-state index in [-0.39, 0.29) is 0 Å². The molecule has 0 aromatic heterocycles. The number of hydrogen-bond donors (Lipinski definition) is 1. The Bertz CT molecular complexity index is 417. The van der Waals surface area contributed by atoms with Crippen LogP contribution in [0, 0.1) is 0 Å². The first kappa shape index (κ1) is 15.9. The van der Waals surface area contributed by atoms with Crippen LogP contribution in [-0.2, 0) is 6.54 Å². The van der Waals surface area contributed by atoms with Gasteiger partial charge in [0.2, 0.25) is 0 Å². The Hall–Kier alpha value is -1.51. The molecule has 0 radical (unpaired) electrons. The maximum Gasteiger partial charge on any atom is 0.194 e. The molecule has 0 bridgehead atoms. The zero-order valence-electron chi connectivity index (χ0n) is 13.5. The fraction of sp³-hybridized carbons (Fsp3) is 0.611. The molecule has 3 nitrogen and oxygen atoms in total. The lowest BCUT2D eigenvalue weighted by Gasteiger charge is -2.27. The van der Waals surface area contributed by atoms with Gasteiger partial charge in [0.25, 0.3) is 0 Å². The van der Waals surface area contributed by atoms with Crippen molar-refractivity contribution in [3.63, 3.8) is 0 Å². The molecule has 0 unspecified atom stereocenters. The molecular formula is C18H29N3. The quantitative estimate of drug-likeness (QED) is 0.659. The van der Waals surface area contributed by atoms with Crippen molar-refractivity contribution in [3.05, 3.63) is 35.9 Å². The van der Waals surface area contributed by atoms with E-state index in [4.69, 9.17) is 4.99 Å². The van der Waals surface area contributed by atoms with Crippen molar-refractivity contribution < 1.29 is 0 Å². The van der Waals surface area contributed by atoms with Crippen molar-refractivity contribution in [3.8, 4) is 0 Å². The first-order valence-electron chi connectivity index (χ1n) is 8.44. The van der Waals surface area contributed by atoms with Crippen molar-refractivity contribution in [1.29, 1.82) is 0 Å². The van der Waals surface area contributed by atoms with E-state index in [1.54, 1.807) is 0 Å². The van der Waals surface area contributed by atoms with Crippen LogP contribution in [0.4, 0.5) is 0 Å². The highest BCUT2D eigenvalue weighted by atomic mass is 15.3. The molecule has 21 heavy (non-hydrogen) atoms. The van der Waals surface area contributed by atoms with Crippen LogP contribution in [0.3, 0.4) is 0 Å². The predicted molar refractivity (Wildman–Crippen MR) is 90.5 cm³/mol. The molecule has 1 fully saturated rings. The molecule has 3 heteroatoms. The monoisotopic (exact) mass is 287 g/mol. The zero-order chi connectivity index (χ0) is 14.9. The maximum atomic E-state index is 5.02. The molecule has 1 aliphatic carbocycles. The second-order valence-electron chi connectivity index (χ2n) is 5.76. The first-order chi connectivity index (χ1) is 10.3. The molecule has 116 valence electrons. The standard InChI is InChI=1S/C18H29N3/c1-3-21(4-2)18(20-17-13-9-6-10-14-17)19-15-16-11-7-5-8-12-16/h5,7-8,11-12,17H,3-4,6,9-10,13-15H2,1-2H3,(H,19,20). The summed E-state index contributed by atoms with van der Waals surface area (Å²) in [6.45, 7) is 7.25. The molecule has 1 aromatic carbocycles. The average Bonchev–Trinajstić information content (AvgIpc) is 2.55. The lowest BCUT2D eigenvalue weighted by molar-refractivity contribution is 0.411. The second kappa shape index (κ2) is 8.71. The van der Waals surface area contributed by atoms with Crippen LogP contribution in [0.1, 0.15) is 51.5 Å². The second-order valence-corrected chi connectivity index (χ2v) is 5.76. The summed E-state index contributed by atoms with van der Waals surface area (Å²) in [7, 11) is 0. The average molecular weight is 287 g/mol. The third-order valence-electron chi connectivity index (χ3n) is 4.24. The number of nitrogens with zero attached hydrogens (tertiary/aromatic N) is 2. The number of nitrogens with one attached hydrogen (secondary N) is 1. The highest BCUT2D eigenvalue weighted by Gasteiger charge is 2.15. The molecule has 1 saturated carbocycles. The van der Waals surface area contributed by atoms with Gasteiger partial charge in [-0.2, -0.15) is 0 Å². The topological polar surface area (TPSA) is 27.6 Å². The summed E-state index contributed by atoms with van der Waals surface area (Å²) >= 11 is 0. The molecular weight excluding hydrogens is 258 g/mol. The SMILES string of the molecule is CCN(CC)/C(=N\C1CCCCC1)NCc1ccccc1. The number of guanidine groups is 1. The summed E-state index contributed by atoms with van der Waals surface area (Å²) in [5.74, 6) is 1.08. The summed E-state index contributed by atoms with van der Waals surface area (Å²) in [4.78, 5) is 7.35. The van der Waals surface area contributed by atoms with Gasteiger partial charge in [-0.25, -0.2) is 4.99 Å². The van der Waals surface area contributed by atoms with E-state index in [1.807, 2.05) is 0 Å². The van der Waals surface area contributed by atoms with Gasteiger partial charge in [-0.3, -0.25) is 0 Å². The van der Waals surface area contributed by atoms with Gasteiger partial charge in [-0.05, 0) is 32.3 Å². The van der Waals surface area contributed by atoms with Crippen LogP contribution in [0.2, 0.25) is 0 Å². The van der Waals surface area contributed by atoms with Crippen LogP contribution in [0.15, 0.2) is 35.3 Å². The van der Waals surface area contributed by atoms with E-state index in [1.165, 1.54) is 37.7 Å². The van der Waals surface area contributed by atoms with Crippen molar-refractivity contribution in [2.45, 2.75) is 58.5 Å². The zero-order valence-corrected chi connectivity index (χ0v) is 13.5. The molecule has 0 heterocycles. The molecule has 0 saturated heterocycles. The largest absolute Gasteiger partial charge is 0.352 e. The lowest BCUT2D eigenvalue weighted by Crippen LogP contribution is -2.42. The lowest BCUT2D eigenvalue weighted by atomic mass is 9.96. The minimum absolute atomic E-state index is 0.512. The normalized spacial score (nSPS) is 16.8. The van der Waals surface area contributed by atoms with E-state index in [9.17, 15) is 0 Å². The van der Waals surface area contributed by atoms with Crippen LogP contribution in [-0.4, -0.2) is 30.0 Å². The van der Waals surface area contributed by atoms with E-state index in [0.717, 1.165) is 25.6 Å². The van der Waals surface area contributed by atoms with Crippen molar-refractivity contribution in [2.24, 2.45) is 4.99 Å². The van der Waals surface area contributed by atoms with Gasteiger partial charge in [0, 0.05) is 19.6 Å². The summed E-state index contributed by atoms with van der Waals surface area (Å²) in [6, 6.07) is 11.1. The Balaban J connectivity index is 2.02. The van der Waals surface area contributed by atoms with Gasteiger partial charge in [0.1, 0.15) is 0 Å². The summed E-state index contributed by atoms with van der Waals surface area (Å²) in [6.07, 6.45) is 6.54.